The molecule has 166 valence electrons. The van der Waals surface area contributed by atoms with Crippen LogP contribution in [0, 0.1) is 11.8 Å². The van der Waals surface area contributed by atoms with Crippen molar-refractivity contribution in [3.05, 3.63) is 82.4 Å². The molecule has 1 aliphatic heterocycles. The summed E-state index contributed by atoms with van der Waals surface area (Å²) in [5, 5.41) is 12.0. The number of rotatable bonds is 4. The minimum Gasteiger partial charge on any atom is -0.380 e. The Morgan fingerprint density at radius 1 is 0.935 bits per heavy atom. The zero-order chi connectivity index (χ0) is 22.6. The van der Waals surface area contributed by atoms with E-state index in [-0.39, 0.29) is 18.1 Å². The van der Waals surface area contributed by atoms with Gasteiger partial charge in [0.25, 0.3) is 0 Å². The molecule has 0 radical (unpaired) electrons. The number of ether oxygens (including phenoxy) is 1. The van der Waals surface area contributed by atoms with Gasteiger partial charge in [-0.15, -0.1) is 0 Å². The lowest BCUT2D eigenvalue weighted by Crippen LogP contribution is -2.43. The standard InChI is InChI=1S/C28H37NO2/c1-18-19(2)21(4)28(30,20(18)3)25-16-12-11-15-24(25)17-29-22(5)26(31-27(29,6)7)23-13-9-8-10-14-23/h8-16,18,20,22,26,30H,17H2,1-7H3/t18?,20?,22-,26-,28?/m0/s1. The fraction of sp³-hybridized carbons (Fsp3) is 0.500. The van der Waals surface area contributed by atoms with Crippen LogP contribution in [0.5, 0.6) is 0 Å². The molecule has 1 aliphatic carbocycles. The summed E-state index contributed by atoms with van der Waals surface area (Å²) in [5.74, 6) is 0.511. The maximum Gasteiger partial charge on any atom is 0.117 e. The Hall–Kier alpha value is -1.94. The Morgan fingerprint density at radius 3 is 2.16 bits per heavy atom. The van der Waals surface area contributed by atoms with Crippen LogP contribution < -0.4 is 0 Å². The fourth-order valence-electron chi connectivity index (χ4n) is 5.84. The average Bonchev–Trinajstić information content (AvgIpc) is 3.08. The summed E-state index contributed by atoms with van der Waals surface area (Å²) >= 11 is 0. The van der Waals surface area contributed by atoms with E-state index >= 15 is 0 Å². The monoisotopic (exact) mass is 419 g/mol. The molecule has 31 heavy (non-hydrogen) atoms. The van der Waals surface area contributed by atoms with E-state index in [4.69, 9.17) is 4.74 Å². The van der Waals surface area contributed by atoms with Crippen LogP contribution in [0.3, 0.4) is 0 Å². The van der Waals surface area contributed by atoms with E-state index in [2.05, 4.69) is 102 Å². The highest BCUT2D eigenvalue weighted by Gasteiger charge is 2.49. The van der Waals surface area contributed by atoms with Gasteiger partial charge in [0.15, 0.2) is 0 Å². The van der Waals surface area contributed by atoms with Crippen molar-refractivity contribution in [2.24, 2.45) is 11.8 Å². The lowest BCUT2D eigenvalue weighted by molar-refractivity contribution is -0.0803. The van der Waals surface area contributed by atoms with Gasteiger partial charge in [-0.2, -0.15) is 0 Å². The molecule has 3 unspecified atom stereocenters. The largest absolute Gasteiger partial charge is 0.380 e. The molecular weight excluding hydrogens is 382 g/mol. The van der Waals surface area contributed by atoms with Gasteiger partial charge < -0.3 is 9.84 Å². The van der Waals surface area contributed by atoms with Crippen LogP contribution in [0.4, 0.5) is 0 Å². The van der Waals surface area contributed by atoms with E-state index in [1.54, 1.807) is 0 Å². The molecule has 1 fully saturated rings. The molecule has 4 rings (SSSR count). The van der Waals surface area contributed by atoms with Crippen molar-refractivity contribution in [1.29, 1.82) is 0 Å². The molecule has 3 heteroatoms. The molecule has 2 aromatic rings. The number of hydrogen-bond acceptors (Lipinski definition) is 3. The summed E-state index contributed by atoms with van der Waals surface area (Å²) in [4.78, 5) is 2.43. The van der Waals surface area contributed by atoms with Crippen LogP contribution in [-0.2, 0) is 16.9 Å². The predicted molar refractivity (Wildman–Crippen MR) is 126 cm³/mol. The normalized spacial score (nSPS) is 33.3. The van der Waals surface area contributed by atoms with E-state index in [9.17, 15) is 5.11 Å². The van der Waals surface area contributed by atoms with Crippen molar-refractivity contribution in [3.63, 3.8) is 0 Å². The third-order valence-electron chi connectivity index (χ3n) is 8.19. The van der Waals surface area contributed by atoms with E-state index in [0.717, 1.165) is 17.7 Å². The van der Waals surface area contributed by atoms with Crippen molar-refractivity contribution in [1.82, 2.24) is 4.90 Å². The molecular formula is C28H37NO2. The highest BCUT2D eigenvalue weighted by Crippen LogP contribution is 2.51. The van der Waals surface area contributed by atoms with Gasteiger partial charge in [0.05, 0.1) is 0 Å². The third kappa shape index (κ3) is 3.47. The molecule has 2 aromatic carbocycles. The maximum atomic E-state index is 12.0. The quantitative estimate of drug-likeness (QED) is 0.599. The number of hydrogen-bond donors (Lipinski definition) is 1. The smallest absolute Gasteiger partial charge is 0.117 e. The van der Waals surface area contributed by atoms with E-state index in [0.29, 0.717) is 5.92 Å². The lowest BCUT2D eigenvalue weighted by Gasteiger charge is -2.37. The third-order valence-corrected chi connectivity index (χ3v) is 8.19. The first kappa shape index (κ1) is 22.3. The zero-order valence-corrected chi connectivity index (χ0v) is 20.0. The Kier molecular flexibility index (Phi) is 5.66. The topological polar surface area (TPSA) is 32.7 Å². The second-order valence-corrected chi connectivity index (χ2v) is 10.1. The van der Waals surface area contributed by atoms with Crippen LogP contribution in [-0.4, -0.2) is 21.8 Å². The Balaban J connectivity index is 1.70. The van der Waals surface area contributed by atoms with Crippen molar-refractivity contribution in [3.8, 4) is 0 Å². The average molecular weight is 420 g/mol. The molecule has 0 amide bonds. The number of aliphatic hydroxyl groups is 1. The van der Waals surface area contributed by atoms with Gasteiger partial charge in [0.2, 0.25) is 0 Å². The van der Waals surface area contributed by atoms with E-state index in [1.807, 2.05) is 6.07 Å². The summed E-state index contributed by atoms with van der Waals surface area (Å²) in [6.45, 7) is 16.0. The summed E-state index contributed by atoms with van der Waals surface area (Å²) in [7, 11) is 0. The minimum atomic E-state index is -0.924. The molecule has 1 N–H and O–H groups in total. The number of benzene rings is 2. The second kappa shape index (κ2) is 7.88. The summed E-state index contributed by atoms with van der Waals surface area (Å²) < 4.78 is 6.55. The van der Waals surface area contributed by atoms with Crippen LogP contribution in [0.1, 0.15) is 71.3 Å². The predicted octanol–water partition coefficient (Wildman–Crippen LogP) is 6.19. The molecule has 2 aliphatic rings. The molecule has 5 atom stereocenters. The van der Waals surface area contributed by atoms with Crippen LogP contribution in [0.25, 0.3) is 0 Å². The van der Waals surface area contributed by atoms with E-state index < -0.39 is 11.3 Å². The van der Waals surface area contributed by atoms with Gasteiger partial charge in [0, 0.05) is 12.6 Å². The Morgan fingerprint density at radius 2 is 1.55 bits per heavy atom. The maximum absolute atomic E-state index is 12.0. The number of allylic oxidation sites excluding steroid dienone is 1. The summed E-state index contributed by atoms with van der Waals surface area (Å²) in [5.41, 5.74) is 4.52. The van der Waals surface area contributed by atoms with Crippen molar-refractivity contribution in [2.75, 3.05) is 0 Å². The molecule has 1 heterocycles. The first-order valence-electron chi connectivity index (χ1n) is 11.6. The SMILES string of the molecule is CC1=C(C)C(O)(c2ccccc2CN2[C@@H](C)[C@@H](c3ccccc3)OC2(C)C)C(C)C1C. The van der Waals surface area contributed by atoms with E-state index in [1.165, 1.54) is 16.7 Å². The number of nitrogens with zero attached hydrogens (tertiary/aromatic N) is 1. The van der Waals surface area contributed by atoms with Gasteiger partial charge in [-0.3, -0.25) is 4.90 Å². The van der Waals surface area contributed by atoms with Crippen molar-refractivity contribution < 1.29 is 9.84 Å². The second-order valence-electron chi connectivity index (χ2n) is 10.1. The molecule has 0 bridgehead atoms. The summed E-state index contributed by atoms with van der Waals surface area (Å²) in [6.07, 6.45) is 0.0285. The van der Waals surface area contributed by atoms with Crippen LogP contribution in [0.2, 0.25) is 0 Å². The Labute approximate surface area is 187 Å². The molecule has 0 saturated carbocycles. The first-order chi connectivity index (χ1) is 14.6. The van der Waals surface area contributed by atoms with Crippen molar-refractivity contribution >= 4 is 0 Å². The molecule has 1 saturated heterocycles. The summed E-state index contributed by atoms with van der Waals surface area (Å²) in [6, 6.07) is 19.1. The van der Waals surface area contributed by atoms with Gasteiger partial charge >= 0.3 is 0 Å². The highest BCUT2D eigenvalue weighted by molar-refractivity contribution is 5.45. The van der Waals surface area contributed by atoms with Crippen molar-refractivity contribution in [2.45, 2.75) is 78.5 Å². The van der Waals surface area contributed by atoms with Gasteiger partial charge in [-0.25, -0.2) is 0 Å². The molecule has 0 spiro atoms. The molecule has 3 nitrogen and oxygen atoms in total. The van der Waals surface area contributed by atoms with Crippen LogP contribution in [0.15, 0.2) is 65.7 Å². The zero-order valence-electron chi connectivity index (χ0n) is 20.0. The highest BCUT2D eigenvalue weighted by atomic mass is 16.5. The first-order valence-corrected chi connectivity index (χ1v) is 11.6. The van der Waals surface area contributed by atoms with Gasteiger partial charge in [-0.1, -0.05) is 74.0 Å². The van der Waals surface area contributed by atoms with Gasteiger partial charge in [-0.05, 0) is 68.7 Å². The fourth-order valence-corrected chi connectivity index (χ4v) is 5.84. The van der Waals surface area contributed by atoms with Crippen LogP contribution >= 0.6 is 0 Å². The lowest BCUT2D eigenvalue weighted by atomic mass is 9.77. The van der Waals surface area contributed by atoms with Gasteiger partial charge in [0.1, 0.15) is 17.4 Å². The Bertz CT molecular complexity index is 980. The molecule has 0 aromatic heterocycles. The minimum absolute atomic E-state index is 0.0285.